The Morgan fingerprint density at radius 2 is 1.61 bits per heavy atom. The summed E-state index contributed by atoms with van der Waals surface area (Å²) >= 11 is 0. The van der Waals surface area contributed by atoms with Gasteiger partial charge in [0.15, 0.2) is 0 Å². The molecule has 6 nitrogen and oxygen atoms in total. The van der Waals surface area contributed by atoms with E-state index in [2.05, 4.69) is 0 Å². The predicted octanol–water partition coefficient (Wildman–Crippen LogP) is 2.11. The summed E-state index contributed by atoms with van der Waals surface area (Å²) in [5, 5.41) is 0. The number of primary amides is 1. The summed E-state index contributed by atoms with van der Waals surface area (Å²) in [6, 6.07) is 16.2. The first-order chi connectivity index (χ1) is 13.6. The lowest BCUT2D eigenvalue weighted by Gasteiger charge is -2.36. The number of hydrogen-bond acceptors (Lipinski definition) is 3. The van der Waals surface area contributed by atoms with Gasteiger partial charge in [0.05, 0.1) is 0 Å². The third-order valence-corrected chi connectivity index (χ3v) is 5.72. The molecule has 144 valence electrons. The van der Waals surface area contributed by atoms with Crippen molar-refractivity contribution in [3.8, 4) is 0 Å². The van der Waals surface area contributed by atoms with Crippen LogP contribution in [0.15, 0.2) is 54.6 Å². The van der Waals surface area contributed by atoms with Crippen LogP contribution in [0.4, 0.5) is 0 Å². The maximum absolute atomic E-state index is 13.5. The van der Waals surface area contributed by atoms with Crippen molar-refractivity contribution >= 4 is 17.7 Å². The van der Waals surface area contributed by atoms with Crippen molar-refractivity contribution in [2.24, 2.45) is 11.7 Å². The minimum Gasteiger partial charge on any atom is -0.369 e. The summed E-state index contributed by atoms with van der Waals surface area (Å²) in [4.78, 5) is 41.4. The molecular weight excluding hydrogens is 354 g/mol. The van der Waals surface area contributed by atoms with Crippen LogP contribution < -0.4 is 5.73 Å². The number of fused-ring (bicyclic) bond motifs is 1. The zero-order valence-corrected chi connectivity index (χ0v) is 15.6. The molecule has 1 unspecified atom stereocenters. The van der Waals surface area contributed by atoms with Gasteiger partial charge in [0.1, 0.15) is 6.04 Å². The number of nitrogens with zero attached hydrogens (tertiary/aromatic N) is 2. The average Bonchev–Trinajstić information content (AvgIpc) is 3.05. The number of carbonyl (C=O) groups is 3. The highest BCUT2D eigenvalue weighted by Gasteiger charge is 2.40. The van der Waals surface area contributed by atoms with Crippen molar-refractivity contribution < 1.29 is 14.4 Å². The van der Waals surface area contributed by atoms with Crippen molar-refractivity contribution in [1.82, 2.24) is 9.80 Å². The second kappa shape index (κ2) is 7.46. The average molecular weight is 377 g/mol. The van der Waals surface area contributed by atoms with E-state index in [1.165, 1.54) is 0 Å². The van der Waals surface area contributed by atoms with Crippen LogP contribution in [0.3, 0.4) is 0 Å². The van der Waals surface area contributed by atoms with Gasteiger partial charge < -0.3 is 15.5 Å². The summed E-state index contributed by atoms with van der Waals surface area (Å²) in [5.41, 5.74) is 7.80. The van der Waals surface area contributed by atoms with Crippen LogP contribution in [0.1, 0.15) is 40.4 Å². The van der Waals surface area contributed by atoms with Crippen molar-refractivity contribution in [1.29, 1.82) is 0 Å². The highest BCUT2D eigenvalue weighted by atomic mass is 16.2. The summed E-state index contributed by atoms with van der Waals surface area (Å²) < 4.78 is 0. The third kappa shape index (κ3) is 3.26. The first-order valence-corrected chi connectivity index (χ1v) is 9.58. The van der Waals surface area contributed by atoms with Gasteiger partial charge in [0.25, 0.3) is 5.91 Å². The van der Waals surface area contributed by atoms with Gasteiger partial charge in [-0.2, -0.15) is 0 Å². The monoisotopic (exact) mass is 377 g/mol. The lowest BCUT2D eigenvalue weighted by atomic mass is 9.95. The fourth-order valence-corrected chi connectivity index (χ4v) is 4.13. The Labute approximate surface area is 163 Å². The first kappa shape index (κ1) is 18.2. The molecule has 2 heterocycles. The Bertz CT molecular complexity index is 904. The molecule has 0 aromatic heterocycles. The van der Waals surface area contributed by atoms with E-state index >= 15 is 0 Å². The van der Waals surface area contributed by atoms with Gasteiger partial charge in [-0.1, -0.05) is 48.5 Å². The molecule has 2 aromatic rings. The molecule has 1 saturated heterocycles. The highest BCUT2D eigenvalue weighted by molar-refractivity contribution is 6.01. The molecule has 2 aromatic carbocycles. The number of amides is 3. The van der Waals surface area contributed by atoms with E-state index < -0.39 is 6.04 Å². The lowest BCUT2D eigenvalue weighted by Crippen LogP contribution is -2.47. The van der Waals surface area contributed by atoms with Gasteiger partial charge >= 0.3 is 0 Å². The van der Waals surface area contributed by atoms with E-state index in [0.717, 1.165) is 11.1 Å². The molecule has 0 radical (unpaired) electrons. The molecule has 0 saturated carbocycles. The topological polar surface area (TPSA) is 83.7 Å². The van der Waals surface area contributed by atoms with Crippen molar-refractivity contribution in [3.63, 3.8) is 0 Å². The van der Waals surface area contributed by atoms with Gasteiger partial charge in [-0.3, -0.25) is 14.4 Å². The fourth-order valence-electron chi connectivity index (χ4n) is 4.13. The predicted molar refractivity (Wildman–Crippen MR) is 104 cm³/mol. The zero-order valence-electron chi connectivity index (χ0n) is 15.6. The van der Waals surface area contributed by atoms with Crippen molar-refractivity contribution in [2.75, 3.05) is 13.1 Å². The van der Waals surface area contributed by atoms with Crippen LogP contribution in [0, 0.1) is 5.92 Å². The van der Waals surface area contributed by atoms with E-state index in [-0.39, 0.29) is 23.6 Å². The van der Waals surface area contributed by atoms with Gasteiger partial charge in [0, 0.05) is 31.1 Å². The van der Waals surface area contributed by atoms with Crippen LogP contribution >= 0.6 is 0 Å². The van der Waals surface area contributed by atoms with Gasteiger partial charge in [-0.25, -0.2) is 0 Å². The molecule has 2 aliphatic rings. The Hall–Kier alpha value is -3.15. The highest BCUT2D eigenvalue weighted by Crippen LogP contribution is 2.33. The summed E-state index contributed by atoms with van der Waals surface area (Å²) in [7, 11) is 0. The Morgan fingerprint density at radius 3 is 2.25 bits per heavy atom. The summed E-state index contributed by atoms with van der Waals surface area (Å²) in [6.07, 6.45) is 1.13. The molecule has 1 fully saturated rings. The molecule has 4 rings (SSSR count). The normalized spacial score (nSPS) is 18.1. The Balaban J connectivity index is 1.62. The SMILES string of the molecule is NC(=O)C1CCN(C(=O)C(c2ccccc2)N2Cc3ccccc3C2=O)CC1. The molecule has 0 aliphatic carbocycles. The standard InChI is InChI=1S/C22H23N3O3/c23-20(26)16-10-12-24(13-11-16)22(28)19(15-6-2-1-3-7-15)25-14-17-8-4-5-9-18(17)21(25)27/h1-9,16,19H,10-14H2,(H2,23,26). The Morgan fingerprint density at radius 1 is 0.964 bits per heavy atom. The maximum atomic E-state index is 13.5. The second-order valence-electron chi connectivity index (χ2n) is 7.41. The minimum absolute atomic E-state index is 0.102. The number of benzene rings is 2. The number of nitrogens with two attached hydrogens (primary N) is 1. The second-order valence-corrected chi connectivity index (χ2v) is 7.41. The first-order valence-electron chi connectivity index (χ1n) is 9.58. The Kier molecular flexibility index (Phi) is 4.86. The quantitative estimate of drug-likeness (QED) is 0.886. The molecule has 6 heteroatoms. The van der Waals surface area contributed by atoms with Gasteiger partial charge in [-0.15, -0.1) is 0 Å². The molecular formula is C22H23N3O3. The number of likely N-dealkylation sites (tertiary alicyclic amines) is 1. The van der Waals surface area contributed by atoms with Gasteiger partial charge in [0.2, 0.25) is 11.8 Å². The maximum Gasteiger partial charge on any atom is 0.255 e. The molecule has 2 N–H and O–H groups in total. The third-order valence-electron chi connectivity index (χ3n) is 5.72. The number of carbonyl (C=O) groups excluding carboxylic acids is 3. The molecule has 28 heavy (non-hydrogen) atoms. The fraction of sp³-hybridized carbons (Fsp3) is 0.318. The van der Waals surface area contributed by atoms with E-state index in [0.29, 0.717) is 38.0 Å². The van der Waals surface area contributed by atoms with E-state index in [1.807, 2.05) is 54.6 Å². The van der Waals surface area contributed by atoms with Crippen LogP contribution in [0.5, 0.6) is 0 Å². The van der Waals surface area contributed by atoms with E-state index in [9.17, 15) is 14.4 Å². The van der Waals surface area contributed by atoms with E-state index in [4.69, 9.17) is 5.73 Å². The van der Waals surface area contributed by atoms with Crippen molar-refractivity contribution in [3.05, 3.63) is 71.3 Å². The van der Waals surface area contributed by atoms with Gasteiger partial charge in [-0.05, 0) is 30.0 Å². The number of rotatable bonds is 4. The molecule has 1 atom stereocenters. The largest absolute Gasteiger partial charge is 0.369 e. The minimum atomic E-state index is -0.675. The summed E-state index contributed by atoms with van der Waals surface area (Å²) in [6.45, 7) is 1.37. The van der Waals surface area contributed by atoms with Crippen molar-refractivity contribution in [2.45, 2.75) is 25.4 Å². The molecule has 2 aliphatic heterocycles. The van der Waals surface area contributed by atoms with E-state index in [1.54, 1.807) is 9.80 Å². The zero-order chi connectivity index (χ0) is 19.7. The van der Waals surface area contributed by atoms with Crippen LogP contribution in [-0.4, -0.2) is 40.6 Å². The smallest absolute Gasteiger partial charge is 0.255 e. The lowest BCUT2D eigenvalue weighted by molar-refractivity contribution is -0.139. The summed E-state index contributed by atoms with van der Waals surface area (Å²) in [5.74, 6) is -0.714. The van der Waals surface area contributed by atoms with Crippen LogP contribution in [-0.2, 0) is 16.1 Å². The molecule has 0 spiro atoms. The van der Waals surface area contributed by atoms with Crippen LogP contribution in [0.25, 0.3) is 0 Å². The number of piperidine rings is 1. The molecule has 3 amide bonds. The molecule has 0 bridgehead atoms. The van der Waals surface area contributed by atoms with Crippen LogP contribution in [0.2, 0.25) is 0 Å². The number of hydrogen-bond donors (Lipinski definition) is 1.